The molecule has 2 heterocycles. The summed E-state index contributed by atoms with van der Waals surface area (Å²) in [6.45, 7) is 0. The molecule has 27 heavy (non-hydrogen) atoms. The van der Waals surface area contributed by atoms with Gasteiger partial charge in [-0.15, -0.1) is 0 Å². The van der Waals surface area contributed by atoms with Gasteiger partial charge < -0.3 is 15.4 Å². The van der Waals surface area contributed by atoms with Gasteiger partial charge >= 0.3 is 0 Å². The fourth-order valence-corrected chi connectivity index (χ4v) is 3.67. The molecule has 2 aromatic heterocycles. The van der Waals surface area contributed by atoms with Gasteiger partial charge in [-0.05, 0) is 36.5 Å². The number of fused-ring (bicyclic) bond motifs is 1. The number of carbonyl (C=O) groups is 1. The van der Waals surface area contributed by atoms with E-state index in [0.717, 1.165) is 36.8 Å². The molecule has 138 valence electrons. The number of aromatic nitrogens is 2. The predicted octanol–water partition coefficient (Wildman–Crippen LogP) is 2.89. The number of aromatic hydroxyl groups is 1. The van der Waals surface area contributed by atoms with Crippen molar-refractivity contribution >= 4 is 16.9 Å². The van der Waals surface area contributed by atoms with E-state index < -0.39 is 11.5 Å². The van der Waals surface area contributed by atoms with Crippen LogP contribution in [-0.2, 0) is 6.42 Å². The third kappa shape index (κ3) is 3.56. The van der Waals surface area contributed by atoms with Gasteiger partial charge in [-0.3, -0.25) is 14.6 Å². The Kier molecular flexibility index (Phi) is 4.62. The highest BCUT2D eigenvalue weighted by Gasteiger charge is 2.24. The molecule has 1 amide bonds. The van der Waals surface area contributed by atoms with Crippen LogP contribution in [0.4, 0.5) is 0 Å². The van der Waals surface area contributed by atoms with Crippen LogP contribution in [0.3, 0.4) is 0 Å². The predicted molar refractivity (Wildman–Crippen MR) is 103 cm³/mol. The quantitative estimate of drug-likeness (QED) is 0.664. The van der Waals surface area contributed by atoms with E-state index in [2.05, 4.69) is 15.3 Å². The molecular weight excluding hydrogens is 342 g/mol. The van der Waals surface area contributed by atoms with Gasteiger partial charge in [0.15, 0.2) is 5.75 Å². The zero-order chi connectivity index (χ0) is 18.8. The Bertz CT molecular complexity index is 1040. The molecule has 1 aliphatic carbocycles. The first-order chi connectivity index (χ1) is 13.1. The van der Waals surface area contributed by atoms with E-state index in [0.29, 0.717) is 11.9 Å². The molecular formula is C21H21N3O3. The molecule has 1 aliphatic rings. The number of pyridine rings is 2. The standard InChI is InChI=1S/C21H21N3O3/c25-19-17(20(26)23-15-8-4-5-9-15)21(27)24-16-11-14(12-22-18(16)19)10-13-6-2-1-3-7-13/h1-3,6-7,11-12,15H,4-5,8-10H2,(H,23,26)(H2,24,25,27). The lowest BCUT2D eigenvalue weighted by atomic mass is 10.1. The van der Waals surface area contributed by atoms with Crippen LogP contribution in [0.15, 0.2) is 47.4 Å². The minimum absolute atomic E-state index is 0.0632. The summed E-state index contributed by atoms with van der Waals surface area (Å²) < 4.78 is 0. The van der Waals surface area contributed by atoms with Crippen LogP contribution in [0.25, 0.3) is 11.0 Å². The summed E-state index contributed by atoms with van der Waals surface area (Å²) in [5, 5.41) is 13.4. The van der Waals surface area contributed by atoms with Crippen molar-refractivity contribution in [3.8, 4) is 5.75 Å². The van der Waals surface area contributed by atoms with Crippen LogP contribution in [0.2, 0.25) is 0 Å². The van der Waals surface area contributed by atoms with Crippen molar-refractivity contribution in [1.29, 1.82) is 0 Å². The van der Waals surface area contributed by atoms with Crippen molar-refractivity contribution in [2.75, 3.05) is 0 Å². The van der Waals surface area contributed by atoms with Crippen molar-refractivity contribution in [2.24, 2.45) is 0 Å². The van der Waals surface area contributed by atoms with Gasteiger partial charge in [-0.2, -0.15) is 0 Å². The molecule has 6 nitrogen and oxygen atoms in total. The largest absolute Gasteiger partial charge is 0.505 e. The number of benzene rings is 1. The van der Waals surface area contributed by atoms with Gasteiger partial charge in [0.25, 0.3) is 11.5 Å². The smallest absolute Gasteiger partial charge is 0.265 e. The first-order valence-electron chi connectivity index (χ1n) is 9.20. The van der Waals surface area contributed by atoms with E-state index in [9.17, 15) is 14.7 Å². The van der Waals surface area contributed by atoms with Crippen molar-refractivity contribution in [1.82, 2.24) is 15.3 Å². The summed E-state index contributed by atoms with van der Waals surface area (Å²) in [7, 11) is 0. The number of carbonyl (C=O) groups excluding carboxylic acids is 1. The third-order valence-electron chi connectivity index (χ3n) is 5.05. The maximum atomic E-state index is 12.5. The van der Waals surface area contributed by atoms with Crippen LogP contribution in [0.1, 0.15) is 47.2 Å². The molecule has 1 fully saturated rings. The van der Waals surface area contributed by atoms with Crippen molar-refractivity contribution in [3.63, 3.8) is 0 Å². The number of nitrogens with one attached hydrogen (secondary N) is 2. The monoisotopic (exact) mass is 363 g/mol. The molecule has 6 heteroatoms. The van der Waals surface area contributed by atoms with Crippen LogP contribution in [-0.4, -0.2) is 27.0 Å². The Morgan fingerprint density at radius 1 is 1.19 bits per heavy atom. The number of hydrogen-bond donors (Lipinski definition) is 3. The van der Waals surface area contributed by atoms with E-state index in [-0.39, 0.29) is 22.9 Å². The van der Waals surface area contributed by atoms with Crippen LogP contribution in [0.5, 0.6) is 5.75 Å². The molecule has 0 spiro atoms. The minimum Gasteiger partial charge on any atom is -0.505 e. The lowest BCUT2D eigenvalue weighted by molar-refractivity contribution is 0.0934. The maximum Gasteiger partial charge on any atom is 0.265 e. The average Bonchev–Trinajstić information content (AvgIpc) is 3.15. The third-order valence-corrected chi connectivity index (χ3v) is 5.05. The number of amides is 1. The van der Waals surface area contributed by atoms with E-state index >= 15 is 0 Å². The number of aromatic amines is 1. The molecule has 1 aromatic carbocycles. The highest BCUT2D eigenvalue weighted by molar-refractivity contribution is 6.01. The Morgan fingerprint density at radius 3 is 2.67 bits per heavy atom. The van der Waals surface area contributed by atoms with Gasteiger partial charge in [-0.25, -0.2) is 0 Å². The van der Waals surface area contributed by atoms with Crippen molar-refractivity contribution in [2.45, 2.75) is 38.1 Å². The molecule has 0 atom stereocenters. The molecule has 0 unspecified atom stereocenters. The number of nitrogens with zero attached hydrogens (tertiary/aromatic N) is 1. The number of hydrogen-bond acceptors (Lipinski definition) is 4. The summed E-state index contributed by atoms with van der Waals surface area (Å²) in [5.41, 5.74) is 1.81. The molecule has 3 aromatic rings. The Hall–Kier alpha value is -3.15. The Balaban J connectivity index is 1.66. The van der Waals surface area contributed by atoms with Crippen LogP contribution < -0.4 is 10.9 Å². The highest BCUT2D eigenvalue weighted by atomic mass is 16.3. The molecule has 0 aliphatic heterocycles. The van der Waals surface area contributed by atoms with Gasteiger partial charge in [0, 0.05) is 12.2 Å². The van der Waals surface area contributed by atoms with E-state index in [1.807, 2.05) is 30.3 Å². The highest BCUT2D eigenvalue weighted by Crippen LogP contribution is 2.25. The van der Waals surface area contributed by atoms with Gasteiger partial charge in [0.1, 0.15) is 11.1 Å². The zero-order valence-corrected chi connectivity index (χ0v) is 14.9. The molecule has 0 radical (unpaired) electrons. The minimum atomic E-state index is -0.603. The second-order valence-corrected chi connectivity index (χ2v) is 7.03. The van der Waals surface area contributed by atoms with Crippen LogP contribution in [0, 0.1) is 0 Å². The Morgan fingerprint density at radius 2 is 1.93 bits per heavy atom. The molecule has 4 rings (SSSR count). The molecule has 3 N–H and O–H groups in total. The summed E-state index contributed by atoms with van der Waals surface area (Å²) in [4.78, 5) is 31.9. The normalized spacial score (nSPS) is 14.5. The van der Waals surface area contributed by atoms with Crippen LogP contribution >= 0.6 is 0 Å². The fourth-order valence-electron chi connectivity index (χ4n) is 3.67. The van der Waals surface area contributed by atoms with E-state index in [4.69, 9.17) is 0 Å². The summed E-state index contributed by atoms with van der Waals surface area (Å²) in [6, 6.07) is 11.8. The van der Waals surface area contributed by atoms with Gasteiger partial charge in [0.05, 0.1) is 5.52 Å². The molecule has 1 saturated carbocycles. The SMILES string of the molecule is O=C(NC1CCCC1)c1c(O)c2ncc(Cc3ccccc3)cc2[nH]c1=O. The number of H-pyrrole nitrogens is 1. The zero-order valence-electron chi connectivity index (χ0n) is 14.9. The number of rotatable bonds is 4. The van der Waals surface area contributed by atoms with Crippen molar-refractivity contribution < 1.29 is 9.90 Å². The first-order valence-corrected chi connectivity index (χ1v) is 9.20. The first kappa shape index (κ1) is 17.3. The van der Waals surface area contributed by atoms with Crippen molar-refractivity contribution in [3.05, 3.63) is 69.6 Å². The lowest BCUT2D eigenvalue weighted by Gasteiger charge is -2.13. The summed E-state index contributed by atoms with van der Waals surface area (Å²) in [6.07, 6.45) is 6.26. The van der Waals surface area contributed by atoms with Gasteiger partial charge in [-0.1, -0.05) is 43.2 Å². The molecule has 0 saturated heterocycles. The summed E-state index contributed by atoms with van der Waals surface area (Å²) >= 11 is 0. The average molecular weight is 363 g/mol. The lowest BCUT2D eigenvalue weighted by Crippen LogP contribution is -2.36. The fraction of sp³-hybridized carbons (Fsp3) is 0.286. The second-order valence-electron chi connectivity index (χ2n) is 7.03. The summed E-state index contributed by atoms with van der Waals surface area (Å²) in [5.74, 6) is -0.909. The topological polar surface area (TPSA) is 95.1 Å². The van der Waals surface area contributed by atoms with Gasteiger partial charge in [0.2, 0.25) is 0 Å². The van der Waals surface area contributed by atoms with E-state index in [1.165, 1.54) is 0 Å². The Labute approximate surface area is 156 Å². The second kappa shape index (κ2) is 7.23. The maximum absolute atomic E-state index is 12.5. The molecule has 0 bridgehead atoms. The van der Waals surface area contributed by atoms with E-state index in [1.54, 1.807) is 12.3 Å².